The van der Waals surface area contributed by atoms with Gasteiger partial charge in [-0.1, -0.05) is 18.2 Å². The van der Waals surface area contributed by atoms with Crippen LogP contribution in [0.25, 0.3) is 10.9 Å². The number of fused-ring (bicyclic) bond motifs is 1. The molecule has 1 aliphatic rings. The lowest BCUT2D eigenvalue weighted by Gasteiger charge is -2.35. The quantitative estimate of drug-likeness (QED) is 0.595. The molecule has 1 saturated heterocycles. The Morgan fingerprint density at radius 1 is 1.16 bits per heavy atom. The molecule has 1 atom stereocenters. The van der Waals surface area contributed by atoms with Crippen molar-refractivity contribution in [3.05, 3.63) is 59.9 Å². The number of halogens is 3. The molecule has 1 aliphatic heterocycles. The van der Waals surface area contributed by atoms with E-state index in [4.69, 9.17) is 5.73 Å². The van der Waals surface area contributed by atoms with Crippen molar-refractivity contribution < 1.29 is 22.7 Å². The van der Waals surface area contributed by atoms with Gasteiger partial charge in [-0.15, -0.1) is 13.2 Å². The van der Waals surface area contributed by atoms with Crippen molar-refractivity contribution in [1.82, 2.24) is 14.9 Å². The van der Waals surface area contributed by atoms with Gasteiger partial charge in [0.2, 0.25) is 0 Å². The monoisotopic (exact) mass is 431 g/mol. The summed E-state index contributed by atoms with van der Waals surface area (Å²) in [5, 5.41) is 3.99. The number of alkyl halides is 3. The number of carbonyl (C=O) groups is 1. The van der Waals surface area contributed by atoms with Crippen molar-refractivity contribution in [3.63, 3.8) is 0 Å². The third-order valence-corrected chi connectivity index (χ3v) is 5.15. The molecule has 31 heavy (non-hydrogen) atoms. The van der Waals surface area contributed by atoms with Gasteiger partial charge in [0.05, 0.1) is 17.1 Å². The van der Waals surface area contributed by atoms with Crippen molar-refractivity contribution in [2.45, 2.75) is 18.8 Å². The van der Waals surface area contributed by atoms with Gasteiger partial charge in [-0.3, -0.25) is 4.79 Å². The van der Waals surface area contributed by atoms with E-state index in [0.717, 1.165) is 25.1 Å². The lowest BCUT2D eigenvalue weighted by Crippen LogP contribution is -2.41. The number of carbonyl (C=O) groups excluding carboxylic acids is 1. The van der Waals surface area contributed by atoms with Crippen LogP contribution in [0.5, 0.6) is 5.75 Å². The molecule has 3 N–H and O–H groups in total. The fraction of sp³-hybridized carbons (Fsp3) is 0.286. The van der Waals surface area contributed by atoms with E-state index in [1.807, 2.05) is 0 Å². The number of nitrogens with one attached hydrogen (secondary N) is 1. The Morgan fingerprint density at radius 3 is 2.52 bits per heavy atom. The summed E-state index contributed by atoms with van der Waals surface area (Å²) >= 11 is 0. The molecular formula is C21H20F3N5O2. The lowest BCUT2D eigenvalue weighted by molar-refractivity contribution is -0.274. The van der Waals surface area contributed by atoms with Crippen LogP contribution in [0, 0.1) is 0 Å². The number of benzene rings is 2. The van der Waals surface area contributed by atoms with Gasteiger partial charge >= 0.3 is 6.36 Å². The van der Waals surface area contributed by atoms with Gasteiger partial charge < -0.3 is 20.7 Å². The highest BCUT2D eigenvalue weighted by Crippen LogP contribution is 2.29. The number of hydrogen-bond donors (Lipinski definition) is 2. The number of amides is 1. The molecule has 0 aliphatic carbocycles. The molecule has 3 aromatic rings. The molecule has 4 rings (SSSR count). The van der Waals surface area contributed by atoms with Crippen LogP contribution in [-0.2, 0) is 0 Å². The first-order valence-electron chi connectivity index (χ1n) is 9.68. The Labute approximate surface area is 176 Å². The Morgan fingerprint density at radius 2 is 1.90 bits per heavy atom. The Balaban J connectivity index is 1.65. The number of rotatable bonds is 7. The van der Waals surface area contributed by atoms with E-state index >= 15 is 0 Å². The maximum absolute atomic E-state index is 12.5. The normalized spacial score (nSPS) is 15.3. The van der Waals surface area contributed by atoms with Gasteiger partial charge in [-0.25, -0.2) is 9.97 Å². The average molecular weight is 431 g/mol. The number of nitrogens with zero attached hydrogens (tertiary/aromatic N) is 3. The molecule has 1 fully saturated rings. The van der Waals surface area contributed by atoms with Crippen LogP contribution in [0.3, 0.4) is 0 Å². The summed E-state index contributed by atoms with van der Waals surface area (Å²) in [5.74, 6) is -0.362. The molecule has 0 radical (unpaired) electrons. The second-order valence-electron chi connectivity index (χ2n) is 7.26. The first kappa shape index (κ1) is 20.9. The van der Waals surface area contributed by atoms with Crippen LogP contribution < -0.4 is 15.8 Å². The molecule has 0 bridgehead atoms. The molecule has 10 heteroatoms. The predicted octanol–water partition coefficient (Wildman–Crippen LogP) is 3.49. The summed E-state index contributed by atoms with van der Waals surface area (Å²) in [7, 11) is 0. The minimum Gasteiger partial charge on any atom is -0.406 e. The molecule has 0 spiro atoms. The van der Waals surface area contributed by atoms with Gasteiger partial charge in [-0.2, -0.15) is 0 Å². The third-order valence-electron chi connectivity index (χ3n) is 5.15. The SMILES string of the molecule is NC(=O)c1cccc2c(NC(CN3CCC3)c3ccc(OC(F)(F)F)cc3)ncnc12. The maximum atomic E-state index is 12.5. The highest BCUT2D eigenvalue weighted by atomic mass is 19.4. The van der Waals surface area contributed by atoms with Crippen LogP contribution >= 0.6 is 0 Å². The van der Waals surface area contributed by atoms with Crippen LogP contribution in [-0.4, -0.2) is 46.8 Å². The molecule has 0 saturated carbocycles. The largest absolute Gasteiger partial charge is 0.573 e. The van der Waals surface area contributed by atoms with E-state index < -0.39 is 12.3 Å². The zero-order valence-electron chi connectivity index (χ0n) is 16.4. The van der Waals surface area contributed by atoms with Gasteiger partial charge in [0, 0.05) is 11.9 Å². The number of likely N-dealkylation sites (tertiary alicyclic amines) is 1. The smallest absolute Gasteiger partial charge is 0.406 e. The third kappa shape index (κ3) is 4.85. The van der Waals surface area contributed by atoms with Crippen molar-refractivity contribution in [3.8, 4) is 5.75 Å². The molecule has 2 heterocycles. The van der Waals surface area contributed by atoms with Crippen molar-refractivity contribution in [1.29, 1.82) is 0 Å². The molecule has 2 aromatic carbocycles. The lowest BCUT2D eigenvalue weighted by atomic mass is 10.0. The Kier molecular flexibility index (Phi) is 5.64. The van der Waals surface area contributed by atoms with E-state index in [9.17, 15) is 18.0 Å². The first-order chi connectivity index (χ1) is 14.8. The fourth-order valence-corrected chi connectivity index (χ4v) is 3.53. The number of para-hydroxylation sites is 1. The van der Waals surface area contributed by atoms with E-state index in [-0.39, 0.29) is 17.4 Å². The summed E-state index contributed by atoms with van der Waals surface area (Å²) in [5.41, 5.74) is 6.95. The number of ether oxygens (including phenoxy) is 1. The molecule has 1 unspecified atom stereocenters. The van der Waals surface area contributed by atoms with Crippen LogP contribution in [0.2, 0.25) is 0 Å². The highest BCUT2D eigenvalue weighted by molar-refractivity contribution is 6.06. The zero-order valence-corrected chi connectivity index (χ0v) is 16.4. The van der Waals surface area contributed by atoms with Crippen LogP contribution in [0.1, 0.15) is 28.4 Å². The summed E-state index contributed by atoms with van der Waals surface area (Å²) in [6, 6.07) is 10.6. The minimum absolute atomic E-state index is 0.254. The molecular weight excluding hydrogens is 411 g/mol. The van der Waals surface area contributed by atoms with E-state index in [2.05, 4.69) is 24.9 Å². The van der Waals surface area contributed by atoms with Crippen LogP contribution in [0.4, 0.5) is 19.0 Å². The first-order valence-corrected chi connectivity index (χ1v) is 9.68. The summed E-state index contributed by atoms with van der Waals surface area (Å²) < 4.78 is 41.4. The second-order valence-corrected chi connectivity index (χ2v) is 7.26. The number of hydrogen-bond acceptors (Lipinski definition) is 6. The van der Waals surface area contributed by atoms with E-state index in [0.29, 0.717) is 23.3 Å². The molecule has 162 valence electrons. The standard InChI is InChI=1S/C21H20F3N5O2/c22-21(23,24)31-14-7-5-13(6-8-14)17(11-29-9-2-10-29)28-20-16-4-1-3-15(19(25)30)18(16)26-12-27-20/h1,3-8,12,17H,2,9-11H2,(H2,25,30)(H,26,27,28). The van der Waals surface area contributed by atoms with Crippen molar-refractivity contribution >= 4 is 22.6 Å². The minimum atomic E-state index is -4.74. The number of anilines is 1. The van der Waals surface area contributed by atoms with Gasteiger partial charge in [0.15, 0.2) is 0 Å². The van der Waals surface area contributed by atoms with Gasteiger partial charge in [0.1, 0.15) is 17.9 Å². The maximum Gasteiger partial charge on any atom is 0.573 e. The number of aromatic nitrogens is 2. The predicted molar refractivity (Wildman–Crippen MR) is 109 cm³/mol. The zero-order chi connectivity index (χ0) is 22.0. The number of nitrogens with two attached hydrogens (primary N) is 1. The van der Waals surface area contributed by atoms with E-state index in [1.54, 1.807) is 30.3 Å². The average Bonchev–Trinajstić information content (AvgIpc) is 2.68. The molecule has 1 amide bonds. The van der Waals surface area contributed by atoms with Crippen molar-refractivity contribution in [2.75, 3.05) is 25.0 Å². The van der Waals surface area contributed by atoms with Crippen LogP contribution in [0.15, 0.2) is 48.8 Å². The topological polar surface area (TPSA) is 93.4 Å². The van der Waals surface area contributed by atoms with Gasteiger partial charge in [-0.05, 0) is 49.3 Å². The summed E-state index contributed by atoms with van der Waals surface area (Å²) in [6.07, 6.45) is -2.30. The second kappa shape index (κ2) is 8.38. The van der Waals surface area contributed by atoms with E-state index in [1.165, 1.54) is 18.5 Å². The molecule has 7 nitrogen and oxygen atoms in total. The summed E-state index contributed by atoms with van der Waals surface area (Å²) in [6.45, 7) is 2.54. The number of primary amides is 1. The Hall–Kier alpha value is -3.40. The van der Waals surface area contributed by atoms with Gasteiger partial charge in [0.25, 0.3) is 5.91 Å². The summed E-state index contributed by atoms with van der Waals surface area (Å²) in [4.78, 5) is 22.5. The Bertz CT molecular complexity index is 1080. The highest BCUT2D eigenvalue weighted by Gasteiger charge is 2.31. The van der Waals surface area contributed by atoms with Crippen molar-refractivity contribution in [2.24, 2.45) is 5.73 Å². The fourth-order valence-electron chi connectivity index (χ4n) is 3.53. The molecule has 1 aromatic heterocycles.